The second-order valence-electron chi connectivity index (χ2n) is 11.9. The van der Waals surface area contributed by atoms with Crippen molar-refractivity contribution in [1.29, 1.82) is 0 Å². The Labute approximate surface area is 259 Å². The number of halogens is 1. The van der Waals surface area contributed by atoms with Crippen LogP contribution in [0.5, 0.6) is 0 Å². The number of carbonyl (C=O) groups excluding carboxylic acids is 3. The van der Waals surface area contributed by atoms with Gasteiger partial charge >= 0.3 is 0 Å². The van der Waals surface area contributed by atoms with Gasteiger partial charge in [0.1, 0.15) is 36.0 Å². The van der Waals surface area contributed by atoms with Gasteiger partial charge in [0.25, 0.3) is 0 Å². The smallest absolute Gasteiger partial charge is 0.244 e. The fraction of sp³-hybridized carbons (Fsp3) is 0.571. The van der Waals surface area contributed by atoms with E-state index >= 15 is 0 Å². The molecule has 0 spiro atoms. The molecule has 4 fully saturated rings. The number of aromatic nitrogens is 2. The SMILES string of the molecule is Cn1ccnc1CN1C[C@@H]2C[C@H]1C(=O)N1CCN(S(=O)(=O)c3cccc(F)c3)[C@@H](C1)C(=O)NC[C@H]1O[C@@H](CC(=O)N2)[C@H](O)[C@@H]1O. The highest BCUT2D eigenvalue weighted by molar-refractivity contribution is 7.89. The third-order valence-corrected chi connectivity index (χ3v) is 10.9. The predicted octanol–water partition coefficient (Wildman–Crippen LogP) is -2.47. The van der Waals surface area contributed by atoms with Gasteiger partial charge in [-0.05, 0) is 24.6 Å². The highest BCUT2D eigenvalue weighted by atomic mass is 32.2. The molecule has 45 heavy (non-hydrogen) atoms. The molecule has 0 radical (unpaired) electrons. The Morgan fingerprint density at radius 1 is 1.09 bits per heavy atom. The van der Waals surface area contributed by atoms with E-state index in [-0.39, 0.29) is 49.8 Å². The van der Waals surface area contributed by atoms with Crippen LogP contribution >= 0.6 is 0 Å². The first kappa shape index (κ1) is 31.5. The number of hydrogen-bond acceptors (Lipinski definition) is 10. The zero-order valence-corrected chi connectivity index (χ0v) is 25.3. The molecule has 6 rings (SSSR count). The molecule has 4 N–H and O–H groups in total. The summed E-state index contributed by atoms with van der Waals surface area (Å²) < 4.78 is 49.9. The Morgan fingerprint density at radius 2 is 1.87 bits per heavy atom. The number of imidazole rings is 1. The first-order chi connectivity index (χ1) is 21.4. The number of rotatable bonds is 4. The van der Waals surface area contributed by atoms with E-state index in [1.54, 1.807) is 12.4 Å². The van der Waals surface area contributed by atoms with Crippen LogP contribution in [-0.4, -0.2) is 135 Å². The number of aryl methyl sites for hydroxylation is 1. The van der Waals surface area contributed by atoms with Crippen LogP contribution in [0.2, 0.25) is 0 Å². The Hall–Kier alpha value is -3.48. The number of hydrogen-bond donors (Lipinski definition) is 4. The van der Waals surface area contributed by atoms with Crippen molar-refractivity contribution in [2.75, 3.05) is 32.7 Å². The average molecular weight is 650 g/mol. The summed E-state index contributed by atoms with van der Waals surface area (Å²) in [5, 5.41) is 26.7. The summed E-state index contributed by atoms with van der Waals surface area (Å²) in [5.74, 6) is -1.59. The molecule has 3 amide bonds. The molecule has 4 aliphatic heterocycles. The fourth-order valence-corrected chi connectivity index (χ4v) is 8.17. The van der Waals surface area contributed by atoms with Gasteiger partial charge in [-0.2, -0.15) is 4.31 Å². The number of likely N-dealkylation sites (tertiary alicyclic amines) is 1. The van der Waals surface area contributed by atoms with E-state index in [2.05, 4.69) is 15.6 Å². The van der Waals surface area contributed by atoms with Crippen LogP contribution in [0.4, 0.5) is 4.39 Å². The van der Waals surface area contributed by atoms with Gasteiger partial charge in [-0.1, -0.05) is 6.07 Å². The van der Waals surface area contributed by atoms with Crippen LogP contribution in [-0.2, 0) is 42.7 Å². The van der Waals surface area contributed by atoms with Gasteiger partial charge in [0, 0.05) is 58.2 Å². The second-order valence-corrected chi connectivity index (χ2v) is 13.8. The molecular formula is C28H36FN7O8S. The molecule has 17 heteroatoms. The molecule has 1 aromatic carbocycles. The molecule has 0 unspecified atom stereocenters. The fourth-order valence-electron chi connectivity index (χ4n) is 6.56. The number of nitrogens with one attached hydrogen (secondary N) is 2. The lowest BCUT2D eigenvalue weighted by molar-refractivity contribution is -0.140. The van der Waals surface area contributed by atoms with Gasteiger partial charge in [-0.3, -0.25) is 19.3 Å². The van der Waals surface area contributed by atoms with E-state index in [4.69, 9.17) is 4.74 Å². The first-order valence-corrected chi connectivity index (χ1v) is 16.2. The maximum Gasteiger partial charge on any atom is 0.244 e. The lowest BCUT2D eigenvalue weighted by Crippen LogP contribution is -2.63. The normalized spacial score (nSPS) is 32.0. The standard InChI is InChI=1S/C28H36FN7O8S/c1-33-6-5-30-23(33)15-35-13-17-10-19(35)28(41)34-7-8-36(45(42,43)18-4-2-3-16(29)9-18)20(14-34)27(40)31-12-22-26(39)25(38)21(44-22)11-24(37)32-17/h2-6,9,17,19-22,25-26,38-39H,7-8,10-15H2,1H3,(H,31,40)(H,32,37)/t17-,19-,20-,21-,22+,25-,26+/m0/s1. The molecule has 0 saturated carbocycles. The van der Waals surface area contributed by atoms with E-state index in [0.29, 0.717) is 18.9 Å². The van der Waals surface area contributed by atoms with E-state index in [9.17, 15) is 37.4 Å². The van der Waals surface area contributed by atoms with Crippen LogP contribution in [0.15, 0.2) is 41.6 Å². The van der Waals surface area contributed by atoms with Crippen molar-refractivity contribution in [2.24, 2.45) is 7.05 Å². The largest absolute Gasteiger partial charge is 0.388 e. The zero-order chi connectivity index (χ0) is 32.0. The Morgan fingerprint density at radius 3 is 2.60 bits per heavy atom. The number of ether oxygens (including phenoxy) is 1. The summed E-state index contributed by atoms with van der Waals surface area (Å²) in [6, 6.07) is 1.93. The molecule has 5 heterocycles. The van der Waals surface area contributed by atoms with Gasteiger partial charge in [0.15, 0.2) is 0 Å². The number of sulfonamides is 1. The van der Waals surface area contributed by atoms with Crippen molar-refractivity contribution in [1.82, 2.24) is 34.3 Å². The van der Waals surface area contributed by atoms with Gasteiger partial charge in [-0.15, -0.1) is 0 Å². The minimum Gasteiger partial charge on any atom is -0.388 e. The summed E-state index contributed by atoms with van der Waals surface area (Å²) in [6.07, 6.45) is -1.54. The van der Waals surface area contributed by atoms with Crippen LogP contribution in [0.3, 0.4) is 0 Å². The number of nitrogens with zero attached hydrogens (tertiary/aromatic N) is 5. The van der Waals surface area contributed by atoms with E-state index in [1.807, 2.05) is 16.5 Å². The summed E-state index contributed by atoms with van der Waals surface area (Å²) in [7, 11) is -2.54. The number of carbonyl (C=O) groups is 3. The Balaban J connectivity index is 1.33. The maximum absolute atomic E-state index is 14.1. The van der Waals surface area contributed by atoms with Gasteiger partial charge < -0.3 is 35.1 Å². The quantitative estimate of drug-likeness (QED) is 0.277. The third kappa shape index (κ3) is 6.19. The molecule has 1 aromatic heterocycles. The third-order valence-electron chi connectivity index (χ3n) is 8.99. The second kappa shape index (κ2) is 12.4. The van der Waals surface area contributed by atoms with Crippen molar-refractivity contribution >= 4 is 27.7 Å². The number of aliphatic hydroxyl groups is 2. The van der Waals surface area contributed by atoms with Gasteiger partial charge in [-0.25, -0.2) is 17.8 Å². The van der Waals surface area contributed by atoms with Crippen LogP contribution in [0, 0.1) is 5.82 Å². The molecule has 15 nitrogen and oxygen atoms in total. The number of amides is 3. The number of aliphatic hydroxyl groups excluding tert-OH is 2. The van der Waals surface area contributed by atoms with Crippen molar-refractivity contribution in [3.63, 3.8) is 0 Å². The Kier molecular flexibility index (Phi) is 8.66. The number of benzene rings is 1. The van der Waals surface area contributed by atoms with E-state index in [0.717, 1.165) is 16.4 Å². The lowest BCUT2D eigenvalue weighted by atomic mass is 10.0. The van der Waals surface area contributed by atoms with Gasteiger partial charge in [0.05, 0.1) is 30.0 Å². The topological polar surface area (TPSA) is 187 Å². The minimum absolute atomic E-state index is 0.0285. The lowest BCUT2D eigenvalue weighted by Gasteiger charge is -2.41. The van der Waals surface area contributed by atoms with Crippen molar-refractivity contribution in [2.45, 2.75) is 66.8 Å². The van der Waals surface area contributed by atoms with E-state index in [1.165, 1.54) is 17.0 Å². The monoisotopic (exact) mass is 649 g/mol. The van der Waals surface area contributed by atoms with E-state index < -0.39 is 70.2 Å². The van der Waals surface area contributed by atoms with Crippen LogP contribution in [0.1, 0.15) is 18.7 Å². The highest BCUT2D eigenvalue weighted by Gasteiger charge is 2.48. The molecule has 4 saturated heterocycles. The van der Waals surface area contributed by atoms with Crippen molar-refractivity contribution in [3.8, 4) is 0 Å². The average Bonchev–Trinajstić information content (AvgIpc) is 3.68. The summed E-state index contributed by atoms with van der Waals surface area (Å²) in [4.78, 5) is 48.1. The van der Waals surface area contributed by atoms with Crippen molar-refractivity contribution < 1.29 is 42.1 Å². The van der Waals surface area contributed by atoms with Gasteiger partial charge in [0.2, 0.25) is 27.7 Å². The number of piperazine rings is 1. The summed E-state index contributed by atoms with van der Waals surface area (Å²) in [5.41, 5.74) is 0. The molecule has 2 aromatic rings. The molecule has 0 aliphatic carbocycles. The molecule has 6 bridgehead atoms. The molecule has 244 valence electrons. The zero-order valence-electron chi connectivity index (χ0n) is 24.5. The van der Waals surface area contributed by atoms with Crippen LogP contribution in [0.25, 0.3) is 0 Å². The summed E-state index contributed by atoms with van der Waals surface area (Å²) >= 11 is 0. The number of fused-ring (bicyclic) bond motifs is 6. The predicted molar refractivity (Wildman–Crippen MR) is 153 cm³/mol. The minimum atomic E-state index is -4.37. The maximum atomic E-state index is 14.1. The molecular weight excluding hydrogens is 613 g/mol. The van der Waals surface area contributed by atoms with Crippen LogP contribution < -0.4 is 10.6 Å². The molecule has 4 aliphatic rings. The highest BCUT2D eigenvalue weighted by Crippen LogP contribution is 2.28. The molecule has 7 atom stereocenters. The summed E-state index contributed by atoms with van der Waals surface area (Å²) in [6.45, 7) is -0.245. The first-order valence-electron chi connectivity index (χ1n) is 14.8. The Bertz CT molecular complexity index is 1570. The van der Waals surface area contributed by atoms with Crippen molar-refractivity contribution in [3.05, 3.63) is 48.3 Å².